The monoisotopic (exact) mass is 625 g/mol. The number of anilines is 1. The molecular weight excluding hydrogens is 587 g/mol. The van der Waals surface area contributed by atoms with Crippen molar-refractivity contribution >= 4 is 17.5 Å². The molecule has 0 aliphatic carbocycles. The Bertz CT molecular complexity index is 1440. The number of halogens is 3. The van der Waals surface area contributed by atoms with Crippen molar-refractivity contribution in [3.63, 3.8) is 0 Å². The van der Waals surface area contributed by atoms with Gasteiger partial charge in [-0.25, -0.2) is 0 Å². The number of hydrogen-bond donors (Lipinski definition) is 2. The first kappa shape index (κ1) is 32.6. The van der Waals surface area contributed by atoms with E-state index in [1.165, 1.54) is 5.56 Å². The Labute approximate surface area is 260 Å². The van der Waals surface area contributed by atoms with E-state index in [9.17, 15) is 27.9 Å². The molecule has 2 saturated heterocycles. The highest BCUT2D eigenvalue weighted by Crippen LogP contribution is 2.39. The molecule has 2 heterocycles. The second-order valence-electron chi connectivity index (χ2n) is 11.6. The van der Waals surface area contributed by atoms with Crippen LogP contribution in [-0.4, -0.2) is 65.2 Å². The van der Waals surface area contributed by atoms with E-state index in [1.807, 2.05) is 42.5 Å². The maximum Gasteiger partial charge on any atom is 0.471 e. The highest BCUT2D eigenvalue weighted by Gasteiger charge is 2.47. The van der Waals surface area contributed by atoms with Crippen molar-refractivity contribution in [3.8, 4) is 0 Å². The van der Waals surface area contributed by atoms with E-state index in [-0.39, 0.29) is 37.8 Å². The Balaban J connectivity index is 1.29. The molecule has 0 radical (unpaired) electrons. The van der Waals surface area contributed by atoms with Gasteiger partial charge in [0, 0.05) is 36.8 Å². The normalized spacial score (nSPS) is 22.8. The summed E-state index contributed by atoms with van der Waals surface area (Å²) in [5.74, 6) is -2.66. The van der Waals surface area contributed by atoms with Crippen LogP contribution < -0.4 is 5.32 Å². The molecule has 0 bridgehead atoms. The van der Waals surface area contributed by atoms with Crippen LogP contribution in [0.3, 0.4) is 0 Å². The van der Waals surface area contributed by atoms with E-state index in [1.54, 1.807) is 24.3 Å². The second kappa shape index (κ2) is 14.1. The number of amides is 2. The molecular formula is C34H38F3N3O5. The summed E-state index contributed by atoms with van der Waals surface area (Å²) in [5, 5.41) is 12.1. The van der Waals surface area contributed by atoms with Gasteiger partial charge in [0.25, 0.3) is 0 Å². The predicted octanol–water partition coefficient (Wildman–Crippen LogP) is 5.91. The highest BCUT2D eigenvalue weighted by atomic mass is 19.4. The van der Waals surface area contributed by atoms with Gasteiger partial charge < -0.3 is 24.8 Å². The molecule has 2 amide bonds. The number of hydrogen-bond acceptors (Lipinski definition) is 6. The molecule has 5 atom stereocenters. The van der Waals surface area contributed by atoms with Crippen molar-refractivity contribution in [3.05, 3.63) is 101 Å². The number of benzene rings is 3. The number of nitrogens with one attached hydrogen (secondary N) is 1. The van der Waals surface area contributed by atoms with Gasteiger partial charge in [0.1, 0.15) is 6.04 Å². The molecule has 2 aliphatic heterocycles. The molecule has 11 heteroatoms. The van der Waals surface area contributed by atoms with Crippen LogP contribution >= 0.6 is 0 Å². The lowest BCUT2D eigenvalue weighted by molar-refractivity contribution is -0.253. The summed E-state index contributed by atoms with van der Waals surface area (Å²) in [6.45, 7) is 2.62. The van der Waals surface area contributed by atoms with Gasteiger partial charge in [-0.05, 0) is 55.6 Å². The number of alkyl halides is 3. The van der Waals surface area contributed by atoms with Crippen LogP contribution in [0.4, 0.5) is 18.9 Å². The summed E-state index contributed by atoms with van der Waals surface area (Å²) in [6.07, 6.45) is -5.11. The average molecular weight is 626 g/mol. The third-order valence-corrected chi connectivity index (χ3v) is 8.56. The molecule has 0 saturated carbocycles. The molecule has 5 rings (SSSR count). The second-order valence-corrected chi connectivity index (χ2v) is 11.6. The van der Waals surface area contributed by atoms with Crippen LogP contribution in [0.2, 0.25) is 0 Å². The number of likely N-dealkylation sites (N-methyl/N-ethyl adjacent to an activating group) is 1. The fourth-order valence-electron chi connectivity index (χ4n) is 5.89. The standard InChI is InChI=1S/C34H38F3N3O5/c1-22(24-7-4-3-5-8-24)39(2)20-28-19-30(25-12-10-23(21-41)11-13-25)45-32(44-28)26-14-16-27(17-15-26)38-31(42)29-9-6-18-40(29)33(43)34(35,36)37/h3-5,7-8,10-17,22,28-30,32,41H,6,9,18-21H2,1-2H3,(H,38,42)/t22-,28-,29-,30+,32+/m0/s1. The van der Waals surface area contributed by atoms with Gasteiger partial charge in [-0.1, -0.05) is 66.7 Å². The van der Waals surface area contributed by atoms with Crippen LogP contribution in [-0.2, 0) is 25.7 Å². The minimum absolute atomic E-state index is 0.0529. The van der Waals surface area contributed by atoms with Crippen molar-refractivity contribution in [1.82, 2.24) is 9.80 Å². The summed E-state index contributed by atoms with van der Waals surface area (Å²) < 4.78 is 51.9. The van der Waals surface area contributed by atoms with Crippen LogP contribution in [0.1, 0.15) is 66.9 Å². The molecule has 2 N–H and O–H groups in total. The molecule has 2 aliphatic rings. The summed E-state index contributed by atoms with van der Waals surface area (Å²) in [4.78, 5) is 27.5. The van der Waals surface area contributed by atoms with E-state index >= 15 is 0 Å². The number of carbonyl (C=O) groups excluding carboxylic acids is 2. The molecule has 0 unspecified atom stereocenters. The van der Waals surface area contributed by atoms with Crippen molar-refractivity contribution in [1.29, 1.82) is 0 Å². The van der Waals surface area contributed by atoms with E-state index in [4.69, 9.17) is 9.47 Å². The Morgan fingerprint density at radius 3 is 2.31 bits per heavy atom. The number of ether oxygens (including phenoxy) is 2. The average Bonchev–Trinajstić information content (AvgIpc) is 3.54. The number of aliphatic hydroxyl groups excluding tert-OH is 1. The molecule has 8 nitrogen and oxygen atoms in total. The zero-order chi connectivity index (χ0) is 32.1. The van der Waals surface area contributed by atoms with Crippen LogP contribution in [0.25, 0.3) is 0 Å². The first-order valence-electron chi connectivity index (χ1n) is 15.1. The molecule has 3 aromatic rings. The minimum Gasteiger partial charge on any atom is -0.392 e. The number of nitrogens with zero attached hydrogens (tertiary/aromatic N) is 2. The summed E-state index contributed by atoms with van der Waals surface area (Å²) in [5.41, 5.74) is 4.05. The maximum absolute atomic E-state index is 13.0. The van der Waals surface area contributed by atoms with Crippen molar-refractivity contribution in [2.45, 2.75) is 69.6 Å². The number of aliphatic hydroxyl groups is 1. The van der Waals surface area contributed by atoms with E-state index in [0.29, 0.717) is 35.5 Å². The molecule has 0 aromatic heterocycles. The molecule has 3 aromatic carbocycles. The van der Waals surface area contributed by atoms with Crippen LogP contribution in [0.15, 0.2) is 78.9 Å². The SMILES string of the molecule is C[C@@H](c1ccccc1)N(C)C[C@@H]1C[C@H](c2ccc(CO)cc2)O[C@H](c2ccc(NC(=O)[C@@H]3CCCN3C(=O)C(F)(F)F)cc2)O1. The van der Waals surface area contributed by atoms with Gasteiger partial charge in [0.05, 0.1) is 18.8 Å². The fraction of sp³-hybridized carbons (Fsp3) is 0.412. The van der Waals surface area contributed by atoms with E-state index in [0.717, 1.165) is 11.1 Å². The zero-order valence-corrected chi connectivity index (χ0v) is 25.2. The lowest BCUT2D eigenvalue weighted by Gasteiger charge is -2.39. The smallest absolute Gasteiger partial charge is 0.392 e. The van der Waals surface area contributed by atoms with Crippen molar-refractivity contribution in [2.24, 2.45) is 0 Å². The number of likely N-dealkylation sites (tertiary alicyclic amines) is 1. The third kappa shape index (κ3) is 7.91. The molecule has 45 heavy (non-hydrogen) atoms. The van der Waals surface area contributed by atoms with Crippen LogP contribution in [0.5, 0.6) is 0 Å². The largest absolute Gasteiger partial charge is 0.471 e. The number of carbonyl (C=O) groups is 2. The van der Waals surface area contributed by atoms with E-state index in [2.05, 4.69) is 36.3 Å². The van der Waals surface area contributed by atoms with E-state index < -0.39 is 30.3 Å². The first-order valence-corrected chi connectivity index (χ1v) is 15.1. The van der Waals surface area contributed by atoms with Crippen molar-refractivity contribution in [2.75, 3.05) is 25.5 Å². The topological polar surface area (TPSA) is 91.3 Å². The Morgan fingerprint density at radius 2 is 1.67 bits per heavy atom. The Kier molecular flexibility index (Phi) is 10.2. The summed E-state index contributed by atoms with van der Waals surface area (Å²) in [6, 6.07) is 23.6. The van der Waals surface area contributed by atoms with Gasteiger partial charge >= 0.3 is 12.1 Å². The minimum atomic E-state index is -5.03. The predicted molar refractivity (Wildman–Crippen MR) is 162 cm³/mol. The van der Waals surface area contributed by atoms with Crippen LogP contribution in [0, 0.1) is 0 Å². The number of rotatable bonds is 9. The van der Waals surface area contributed by atoms with Gasteiger partial charge in [-0.15, -0.1) is 0 Å². The Hall–Kier alpha value is -3.77. The third-order valence-electron chi connectivity index (χ3n) is 8.56. The summed E-state index contributed by atoms with van der Waals surface area (Å²) in [7, 11) is 2.06. The lowest BCUT2D eigenvalue weighted by Crippen LogP contribution is -2.48. The summed E-state index contributed by atoms with van der Waals surface area (Å²) >= 11 is 0. The molecule has 2 fully saturated rings. The quantitative estimate of drug-likeness (QED) is 0.308. The van der Waals surface area contributed by atoms with Gasteiger partial charge in [0.2, 0.25) is 5.91 Å². The van der Waals surface area contributed by atoms with Gasteiger partial charge in [-0.3, -0.25) is 14.5 Å². The molecule has 0 spiro atoms. The zero-order valence-electron chi connectivity index (χ0n) is 25.2. The molecule has 240 valence electrons. The Morgan fingerprint density at radius 1 is 1.00 bits per heavy atom. The van der Waals surface area contributed by atoms with Gasteiger partial charge in [0.15, 0.2) is 6.29 Å². The highest BCUT2D eigenvalue weighted by molar-refractivity contribution is 5.98. The van der Waals surface area contributed by atoms with Gasteiger partial charge in [-0.2, -0.15) is 13.2 Å². The lowest BCUT2D eigenvalue weighted by atomic mass is 9.99. The first-order chi connectivity index (χ1) is 21.5. The fourth-order valence-corrected chi connectivity index (χ4v) is 5.89. The maximum atomic E-state index is 13.0. The van der Waals surface area contributed by atoms with Crippen molar-refractivity contribution < 1.29 is 37.3 Å².